The third-order valence-corrected chi connectivity index (χ3v) is 5.04. The first kappa shape index (κ1) is 16.7. The van der Waals surface area contributed by atoms with Gasteiger partial charge in [-0.15, -0.1) is 0 Å². The lowest BCUT2D eigenvalue weighted by atomic mass is 9.79. The van der Waals surface area contributed by atoms with Crippen molar-refractivity contribution in [1.82, 2.24) is 4.98 Å². The van der Waals surface area contributed by atoms with E-state index in [0.29, 0.717) is 0 Å². The molecule has 0 aromatic carbocycles. The number of anilines is 1. The fourth-order valence-corrected chi connectivity index (χ4v) is 3.10. The number of rotatable bonds is 2. The molecule has 2 atom stereocenters. The van der Waals surface area contributed by atoms with E-state index >= 15 is 0 Å². The highest BCUT2D eigenvalue weighted by molar-refractivity contribution is 6.62. The van der Waals surface area contributed by atoms with Crippen molar-refractivity contribution >= 4 is 18.4 Å². The molecule has 2 fully saturated rings. The summed E-state index contributed by atoms with van der Waals surface area (Å²) in [4.78, 5) is 6.81. The van der Waals surface area contributed by atoms with Crippen LogP contribution in [0.1, 0.15) is 41.5 Å². The summed E-state index contributed by atoms with van der Waals surface area (Å²) in [6.45, 7) is 14.2. The van der Waals surface area contributed by atoms with E-state index in [1.807, 2.05) is 12.3 Å². The van der Waals surface area contributed by atoms with Crippen LogP contribution in [0.4, 0.5) is 5.82 Å². The average Bonchev–Trinajstić information content (AvgIpc) is 2.67. The number of aromatic nitrogens is 1. The molecule has 0 bridgehead atoms. The van der Waals surface area contributed by atoms with Gasteiger partial charge in [-0.1, -0.05) is 0 Å². The molecule has 0 aliphatic carbocycles. The van der Waals surface area contributed by atoms with Crippen molar-refractivity contribution in [3.63, 3.8) is 0 Å². The van der Waals surface area contributed by atoms with Gasteiger partial charge in [0.05, 0.1) is 23.4 Å². The minimum absolute atomic E-state index is 0.209. The van der Waals surface area contributed by atoms with E-state index in [4.69, 9.17) is 14.0 Å². The van der Waals surface area contributed by atoms with Gasteiger partial charge >= 0.3 is 7.12 Å². The van der Waals surface area contributed by atoms with Crippen LogP contribution in [0, 0.1) is 0 Å². The zero-order valence-electron chi connectivity index (χ0n) is 15.0. The highest BCUT2D eigenvalue weighted by Gasteiger charge is 2.51. The van der Waals surface area contributed by atoms with E-state index in [1.54, 1.807) is 0 Å². The zero-order valence-corrected chi connectivity index (χ0v) is 15.0. The van der Waals surface area contributed by atoms with Gasteiger partial charge in [0.1, 0.15) is 5.82 Å². The minimum Gasteiger partial charge on any atom is -0.399 e. The summed E-state index contributed by atoms with van der Waals surface area (Å²) in [6.07, 6.45) is 2.25. The number of hydrogen-bond donors (Lipinski definition) is 0. The lowest BCUT2D eigenvalue weighted by Crippen LogP contribution is -2.46. The highest BCUT2D eigenvalue weighted by atomic mass is 16.7. The van der Waals surface area contributed by atoms with Gasteiger partial charge in [0.15, 0.2) is 0 Å². The SMILES string of the molecule is CC1CN(c2cc(B3OC(C)(C)C(C)(C)O3)ccn2)CC(C)O1. The molecule has 0 amide bonds. The van der Waals surface area contributed by atoms with Gasteiger partial charge in [0.2, 0.25) is 0 Å². The normalized spacial score (nSPS) is 29.8. The van der Waals surface area contributed by atoms with Gasteiger partial charge in [0, 0.05) is 19.3 Å². The van der Waals surface area contributed by atoms with Crippen molar-refractivity contribution in [1.29, 1.82) is 0 Å². The quantitative estimate of drug-likeness (QED) is 0.780. The van der Waals surface area contributed by atoms with Crippen LogP contribution in [-0.4, -0.2) is 48.6 Å². The second kappa shape index (κ2) is 5.76. The van der Waals surface area contributed by atoms with Crippen molar-refractivity contribution < 1.29 is 14.0 Å². The van der Waals surface area contributed by atoms with Crippen LogP contribution in [0.5, 0.6) is 0 Å². The lowest BCUT2D eigenvalue weighted by Gasteiger charge is -2.36. The number of morpholine rings is 1. The average molecular weight is 318 g/mol. The number of nitrogens with zero attached hydrogens (tertiary/aromatic N) is 2. The highest BCUT2D eigenvalue weighted by Crippen LogP contribution is 2.36. The Morgan fingerprint density at radius 1 is 1.09 bits per heavy atom. The molecule has 2 aliphatic heterocycles. The number of pyridine rings is 1. The molecule has 5 nitrogen and oxygen atoms in total. The summed E-state index contributed by atoms with van der Waals surface area (Å²) < 4.78 is 18.1. The summed E-state index contributed by atoms with van der Waals surface area (Å²) in [5.41, 5.74) is 0.354. The van der Waals surface area contributed by atoms with E-state index in [-0.39, 0.29) is 30.5 Å². The predicted octanol–water partition coefficient (Wildman–Crippen LogP) is 1.99. The molecule has 0 radical (unpaired) electrons. The van der Waals surface area contributed by atoms with Gasteiger partial charge in [0.25, 0.3) is 0 Å². The molecule has 0 spiro atoms. The van der Waals surface area contributed by atoms with Gasteiger partial charge in [-0.05, 0) is 59.1 Å². The van der Waals surface area contributed by atoms with Gasteiger partial charge in [-0.2, -0.15) is 0 Å². The fraction of sp³-hybridized carbons (Fsp3) is 0.706. The zero-order chi connectivity index (χ0) is 16.8. The van der Waals surface area contributed by atoms with Crippen LogP contribution in [0.25, 0.3) is 0 Å². The predicted molar refractivity (Wildman–Crippen MR) is 92.2 cm³/mol. The van der Waals surface area contributed by atoms with Gasteiger partial charge < -0.3 is 18.9 Å². The van der Waals surface area contributed by atoms with Crippen molar-refractivity contribution in [2.45, 2.75) is 65.0 Å². The van der Waals surface area contributed by atoms with E-state index in [2.05, 4.69) is 57.5 Å². The first-order valence-corrected chi connectivity index (χ1v) is 8.40. The third-order valence-electron chi connectivity index (χ3n) is 5.04. The van der Waals surface area contributed by atoms with Gasteiger partial charge in [-0.25, -0.2) is 4.98 Å². The molecule has 23 heavy (non-hydrogen) atoms. The maximum atomic E-state index is 6.14. The maximum Gasteiger partial charge on any atom is 0.495 e. The molecule has 3 heterocycles. The molecule has 1 aromatic heterocycles. The molecule has 1 aromatic rings. The van der Waals surface area contributed by atoms with E-state index in [9.17, 15) is 0 Å². The Balaban J connectivity index is 1.81. The van der Waals surface area contributed by atoms with Crippen LogP contribution in [-0.2, 0) is 14.0 Å². The molecular weight excluding hydrogens is 291 g/mol. The molecule has 126 valence electrons. The van der Waals surface area contributed by atoms with Crippen molar-refractivity contribution in [2.24, 2.45) is 0 Å². The Morgan fingerprint density at radius 2 is 1.65 bits per heavy atom. The Morgan fingerprint density at radius 3 is 2.22 bits per heavy atom. The topological polar surface area (TPSA) is 43.8 Å². The molecule has 2 unspecified atom stereocenters. The first-order valence-electron chi connectivity index (χ1n) is 8.40. The maximum absolute atomic E-state index is 6.14. The fourth-order valence-electron chi connectivity index (χ4n) is 3.10. The van der Waals surface area contributed by atoms with Crippen LogP contribution in [0.15, 0.2) is 18.3 Å². The molecular formula is C17H27BN2O3. The monoisotopic (exact) mass is 318 g/mol. The van der Waals surface area contributed by atoms with Crippen LogP contribution >= 0.6 is 0 Å². The molecule has 3 rings (SSSR count). The number of ether oxygens (including phenoxy) is 1. The smallest absolute Gasteiger partial charge is 0.399 e. The summed E-state index contributed by atoms with van der Waals surface area (Å²) in [5.74, 6) is 0.958. The molecule has 0 saturated carbocycles. The standard InChI is InChI=1S/C17H27BN2O3/c1-12-10-20(11-13(2)21-12)15-9-14(7-8-19-15)18-22-16(3,4)17(5,6)23-18/h7-9,12-13H,10-11H2,1-6H3. The Bertz CT molecular complexity index is 553. The molecule has 2 saturated heterocycles. The molecule has 2 aliphatic rings. The molecule has 6 heteroatoms. The molecule has 0 N–H and O–H groups in total. The van der Waals surface area contributed by atoms with E-state index < -0.39 is 0 Å². The summed E-state index contributed by atoms with van der Waals surface area (Å²) in [5, 5.41) is 0. The van der Waals surface area contributed by atoms with Crippen LogP contribution in [0.2, 0.25) is 0 Å². The van der Waals surface area contributed by atoms with Crippen molar-refractivity contribution in [2.75, 3.05) is 18.0 Å². The van der Waals surface area contributed by atoms with Crippen LogP contribution < -0.4 is 10.4 Å². The first-order chi connectivity index (χ1) is 10.7. The Hall–Kier alpha value is -1.11. The van der Waals surface area contributed by atoms with E-state index in [1.165, 1.54) is 0 Å². The van der Waals surface area contributed by atoms with Crippen molar-refractivity contribution in [3.8, 4) is 0 Å². The van der Waals surface area contributed by atoms with Crippen molar-refractivity contribution in [3.05, 3.63) is 18.3 Å². The summed E-state index contributed by atoms with van der Waals surface area (Å²) >= 11 is 0. The summed E-state index contributed by atoms with van der Waals surface area (Å²) in [7, 11) is -0.349. The third kappa shape index (κ3) is 3.25. The van der Waals surface area contributed by atoms with Gasteiger partial charge in [-0.3, -0.25) is 0 Å². The minimum atomic E-state index is -0.349. The van der Waals surface area contributed by atoms with Crippen LogP contribution in [0.3, 0.4) is 0 Å². The summed E-state index contributed by atoms with van der Waals surface area (Å²) in [6, 6.07) is 4.05. The Kier molecular flexibility index (Phi) is 4.19. The van der Waals surface area contributed by atoms with E-state index in [0.717, 1.165) is 24.4 Å². The Labute approximate surface area is 139 Å². The number of hydrogen-bond acceptors (Lipinski definition) is 5. The second-order valence-corrected chi connectivity index (χ2v) is 7.70. The lowest BCUT2D eigenvalue weighted by molar-refractivity contribution is -0.00545. The largest absolute Gasteiger partial charge is 0.495 e. The second-order valence-electron chi connectivity index (χ2n) is 7.70.